The normalized spacial score (nSPS) is 13.0. The largest absolute Gasteiger partial charge is 0.454 e. The molecule has 1 aliphatic carbocycles. The first-order valence-corrected chi connectivity index (χ1v) is 9.00. The molecule has 0 fully saturated rings. The van der Waals surface area contributed by atoms with E-state index in [1.165, 1.54) is 11.1 Å². The van der Waals surface area contributed by atoms with Crippen molar-refractivity contribution in [2.24, 2.45) is 0 Å². The van der Waals surface area contributed by atoms with Crippen LogP contribution in [0.25, 0.3) is 11.1 Å². The maximum atomic E-state index is 12.6. The molecule has 5 nitrogen and oxygen atoms in total. The number of ketones is 1. The summed E-state index contributed by atoms with van der Waals surface area (Å²) in [6.07, 6.45) is 0.874. The molecule has 0 spiro atoms. The van der Waals surface area contributed by atoms with Gasteiger partial charge in [0.25, 0.3) is 0 Å². The van der Waals surface area contributed by atoms with E-state index in [-0.39, 0.29) is 19.2 Å². The number of hydrogen-bond acceptors (Lipinski definition) is 5. The van der Waals surface area contributed by atoms with Gasteiger partial charge in [0.15, 0.2) is 23.9 Å². The van der Waals surface area contributed by atoms with Gasteiger partial charge in [-0.1, -0.05) is 36.4 Å². The fourth-order valence-corrected chi connectivity index (χ4v) is 3.62. The Morgan fingerprint density at radius 2 is 1.61 bits per heavy atom. The van der Waals surface area contributed by atoms with Gasteiger partial charge >= 0.3 is 5.97 Å². The number of rotatable bonds is 4. The number of Topliss-reactive ketones (excluding diaryl/α,β-unsaturated/α-hetero) is 1. The smallest absolute Gasteiger partial charge is 0.338 e. The number of ether oxygens (including phenoxy) is 3. The van der Waals surface area contributed by atoms with Gasteiger partial charge in [0.1, 0.15) is 0 Å². The number of fused-ring (bicyclic) bond motifs is 4. The SMILES string of the molecule is O=C(COC(=O)c1ccc2c(c1)OCO2)c1ccc2c(c1)-c1ccccc1C2. The molecule has 0 radical (unpaired) electrons. The van der Waals surface area contributed by atoms with Crippen LogP contribution in [0.5, 0.6) is 11.5 Å². The molecule has 0 atom stereocenters. The van der Waals surface area contributed by atoms with Crippen LogP contribution in [-0.2, 0) is 11.2 Å². The summed E-state index contributed by atoms with van der Waals surface area (Å²) >= 11 is 0. The third-order valence-corrected chi connectivity index (χ3v) is 5.06. The van der Waals surface area contributed by atoms with Crippen LogP contribution in [0.3, 0.4) is 0 Å². The summed E-state index contributed by atoms with van der Waals surface area (Å²) in [5.74, 6) is 0.281. The summed E-state index contributed by atoms with van der Waals surface area (Å²) in [5, 5.41) is 0. The quantitative estimate of drug-likeness (QED) is 0.400. The van der Waals surface area contributed by atoms with Crippen LogP contribution < -0.4 is 9.47 Å². The molecule has 28 heavy (non-hydrogen) atoms. The molecule has 1 heterocycles. The molecular formula is C23H16O5. The minimum absolute atomic E-state index is 0.133. The van der Waals surface area contributed by atoms with Gasteiger partial charge in [-0.2, -0.15) is 0 Å². The highest BCUT2D eigenvalue weighted by Crippen LogP contribution is 2.37. The van der Waals surface area contributed by atoms with E-state index in [9.17, 15) is 9.59 Å². The number of carbonyl (C=O) groups excluding carboxylic acids is 2. The molecule has 2 aliphatic rings. The Morgan fingerprint density at radius 1 is 0.821 bits per heavy atom. The second-order valence-electron chi connectivity index (χ2n) is 6.77. The summed E-state index contributed by atoms with van der Waals surface area (Å²) in [6.45, 7) is -0.179. The van der Waals surface area contributed by atoms with Gasteiger partial charge in [-0.15, -0.1) is 0 Å². The number of hydrogen-bond donors (Lipinski definition) is 0. The molecule has 0 aromatic heterocycles. The molecule has 0 bridgehead atoms. The summed E-state index contributed by atoms with van der Waals surface area (Å²) in [4.78, 5) is 24.8. The van der Waals surface area contributed by atoms with Crippen molar-refractivity contribution in [2.75, 3.05) is 13.4 Å². The highest BCUT2D eigenvalue weighted by Gasteiger charge is 2.21. The predicted molar refractivity (Wildman–Crippen MR) is 102 cm³/mol. The van der Waals surface area contributed by atoms with E-state index < -0.39 is 5.97 Å². The van der Waals surface area contributed by atoms with E-state index in [1.54, 1.807) is 24.3 Å². The zero-order valence-corrected chi connectivity index (χ0v) is 14.9. The molecule has 5 heteroatoms. The Labute approximate surface area is 161 Å². The van der Waals surface area contributed by atoms with Gasteiger partial charge in [0.2, 0.25) is 6.79 Å². The van der Waals surface area contributed by atoms with Crippen LogP contribution >= 0.6 is 0 Å². The first-order valence-electron chi connectivity index (χ1n) is 9.00. The number of carbonyl (C=O) groups is 2. The molecule has 0 unspecified atom stereocenters. The fraction of sp³-hybridized carbons (Fsp3) is 0.130. The Balaban J connectivity index is 1.30. The molecule has 3 aromatic rings. The van der Waals surface area contributed by atoms with E-state index in [1.807, 2.05) is 24.3 Å². The second kappa shape index (κ2) is 6.53. The lowest BCUT2D eigenvalue weighted by Crippen LogP contribution is -2.14. The van der Waals surface area contributed by atoms with Crippen LogP contribution in [0.2, 0.25) is 0 Å². The highest BCUT2D eigenvalue weighted by molar-refractivity contribution is 6.01. The molecule has 0 saturated carbocycles. The average molecular weight is 372 g/mol. The van der Waals surface area contributed by atoms with Crippen LogP contribution in [0.15, 0.2) is 60.7 Å². The summed E-state index contributed by atoms with van der Waals surface area (Å²) in [5.41, 5.74) is 5.55. The predicted octanol–water partition coefficient (Wildman–Crippen LogP) is 4.03. The summed E-state index contributed by atoms with van der Waals surface area (Å²) in [7, 11) is 0. The first kappa shape index (κ1) is 16.6. The molecule has 1 aliphatic heterocycles. The van der Waals surface area contributed by atoms with Crippen molar-refractivity contribution in [3.8, 4) is 22.6 Å². The maximum absolute atomic E-state index is 12.6. The van der Waals surface area contributed by atoms with Crippen molar-refractivity contribution in [2.45, 2.75) is 6.42 Å². The highest BCUT2D eigenvalue weighted by atomic mass is 16.7. The van der Waals surface area contributed by atoms with Crippen molar-refractivity contribution in [1.29, 1.82) is 0 Å². The van der Waals surface area contributed by atoms with E-state index in [4.69, 9.17) is 14.2 Å². The van der Waals surface area contributed by atoms with E-state index >= 15 is 0 Å². The van der Waals surface area contributed by atoms with Crippen LogP contribution in [0, 0.1) is 0 Å². The van der Waals surface area contributed by atoms with Crippen molar-refractivity contribution in [3.63, 3.8) is 0 Å². The average Bonchev–Trinajstić information content (AvgIpc) is 3.34. The Bertz CT molecular complexity index is 1120. The van der Waals surface area contributed by atoms with Gasteiger partial charge < -0.3 is 14.2 Å². The fourth-order valence-electron chi connectivity index (χ4n) is 3.62. The van der Waals surface area contributed by atoms with Crippen molar-refractivity contribution in [1.82, 2.24) is 0 Å². The van der Waals surface area contributed by atoms with Crippen LogP contribution in [0.1, 0.15) is 31.8 Å². The third-order valence-electron chi connectivity index (χ3n) is 5.06. The second-order valence-corrected chi connectivity index (χ2v) is 6.77. The van der Waals surface area contributed by atoms with E-state index in [2.05, 4.69) is 12.1 Å². The molecule has 0 N–H and O–H groups in total. The van der Waals surface area contributed by atoms with E-state index in [0.29, 0.717) is 22.6 Å². The Kier molecular flexibility index (Phi) is 3.86. The number of esters is 1. The first-order chi connectivity index (χ1) is 13.7. The van der Waals surface area contributed by atoms with Gasteiger partial charge in [0.05, 0.1) is 5.56 Å². The number of benzene rings is 3. The Hall–Kier alpha value is -3.60. The molecule has 0 saturated heterocycles. The Morgan fingerprint density at radius 3 is 2.54 bits per heavy atom. The van der Waals surface area contributed by atoms with Gasteiger partial charge in [-0.25, -0.2) is 4.79 Å². The van der Waals surface area contributed by atoms with Crippen molar-refractivity contribution in [3.05, 3.63) is 82.9 Å². The lowest BCUT2D eigenvalue weighted by Gasteiger charge is -2.07. The monoisotopic (exact) mass is 372 g/mol. The molecule has 3 aromatic carbocycles. The standard InChI is InChI=1S/C23H16O5/c24-20(12-26-23(25)17-7-8-21-22(11-17)28-13-27-21)16-6-5-15-9-14-3-1-2-4-18(14)19(15)10-16/h1-8,10-11H,9,12-13H2. The topological polar surface area (TPSA) is 61.8 Å². The zero-order chi connectivity index (χ0) is 19.1. The van der Waals surface area contributed by atoms with Crippen LogP contribution in [0.4, 0.5) is 0 Å². The molecular weight excluding hydrogens is 356 g/mol. The van der Waals surface area contributed by atoms with Gasteiger partial charge in [-0.3, -0.25) is 4.79 Å². The zero-order valence-electron chi connectivity index (χ0n) is 14.9. The minimum atomic E-state index is -0.571. The molecule has 0 amide bonds. The summed E-state index contributed by atoms with van der Waals surface area (Å²) < 4.78 is 15.7. The van der Waals surface area contributed by atoms with E-state index in [0.717, 1.165) is 17.5 Å². The van der Waals surface area contributed by atoms with Crippen molar-refractivity contribution >= 4 is 11.8 Å². The lowest BCUT2D eigenvalue weighted by molar-refractivity contribution is 0.0474. The third kappa shape index (κ3) is 2.81. The van der Waals surface area contributed by atoms with Crippen LogP contribution in [-0.4, -0.2) is 25.2 Å². The van der Waals surface area contributed by atoms with Gasteiger partial charge in [-0.05, 0) is 52.9 Å². The molecule has 138 valence electrons. The summed E-state index contributed by atoms with van der Waals surface area (Å²) in [6, 6.07) is 18.6. The maximum Gasteiger partial charge on any atom is 0.338 e. The molecule has 5 rings (SSSR count). The lowest BCUT2D eigenvalue weighted by atomic mass is 10.0. The minimum Gasteiger partial charge on any atom is -0.454 e. The van der Waals surface area contributed by atoms with Gasteiger partial charge in [0, 0.05) is 5.56 Å². The van der Waals surface area contributed by atoms with Crippen molar-refractivity contribution < 1.29 is 23.8 Å².